The van der Waals surface area contributed by atoms with E-state index in [1.807, 2.05) is 6.20 Å². The van der Waals surface area contributed by atoms with Crippen LogP contribution < -0.4 is 4.90 Å². The van der Waals surface area contributed by atoms with Gasteiger partial charge in [0.1, 0.15) is 5.82 Å². The van der Waals surface area contributed by atoms with E-state index in [9.17, 15) is 0 Å². The number of benzene rings is 1. The molecule has 0 spiro atoms. The first kappa shape index (κ1) is 12.7. The summed E-state index contributed by atoms with van der Waals surface area (Å²) < 4.78 is 1.10. The number of hydrogen-bond donors (Lipinski definition) is 0. The third-order valence-corrected chi connectivity index (χ3v) is 4.26. The second kappa shape index (κ2) is 5.33. The van der Waals surface area contributed by atoms with E-state index in [-0.39, 0.29) is 0 Å². The maximum Gasteiger partial charge on any atom is 0.142 e. The molecule has 0 bridgehead atoms. The SMILES string of the molecule is Cc1cnc(N2CCc3ccccc3CC2)c(Br)c1. The fourth-order valence-corrected chi connectivity index (χ4v) is 3.35. The highest BCUT2D eigenvalue weighted by molar-refractivity contribution is 9.10. The Morgan fingerprint density at radius 1 is 1.11 bits per heavy atom. The standard InChI is InChI=1S/C16H17BrN2/c1-12-10-15(17)16(18-11-12)19-8-6-13-4-2-3-5-14(13)7-9-19/h2-5,10-11H,6-9H2,1H3. The Morgan fingerprint density at radius 2 is 1.74 bits per heavy atom. The fourth-order valence-electron chi connectivity index (χ4n) is 2.64. The minimum absolute atomic E-state index is 1.03. The number of rotatable bonds is 1. The number of pyridine rings is 1. The van der Waals surface area contributed by atoms with Crippen molar-refractivity contribution in [3.63, 3.8) is 0 Å². The first-order valence-corrected chi connectivity index (χ1v) is 7.47. The summed E-state index contributed by atoms with van der Waals surface area (Å²) in [6.07, 6.45) is 4.13. The van der Waals surface area contributed by atoms with Crippen LogP contribution in [0.1, 0.15) is 16.7 Å². The van der Waals surface area contributed by atoms with E-state index < -0.39 is 0 Å². The predicted octanol–water partition coefficient (Wildman–Crippen LogP) is 3.76. The Bertz CT molecular complexity index is 568. The molecular formula is C16H17BrN2. The highest BCUT2D eigenvalue weighted by Gasteiger charge is 2.16. The number of aryl methyl sites for hydroxylation is 1. The van der Waals surface area contributed by atoms with Gasteiger partial charge in [0.05, 0.1) is 4.47 Å². The molecule has 19 heavy (non-hydrogen) atoms. The summed E-state index contributed by atoms with van der Waals surface area (Å²) in [5.41, 5.74) is 4.15. The van der Waals surface area contributed by atoms with Gasteiger partial charge in [-0.05, 0) is 58.5 Å². The summed E-state index contributed by atoms with van der Waals surface area (Å²) in [6, 6.07) is 10.9. The number of nitrogens with zero attached hydrogens (tertiary/aromatic N) is 2. The lowest BCUT2D eigenvalue weighted by molar-refractivity contribution is 0.788. The quantitative estimate of drug-likeness (QED) is 0.796. The van der Waals surface area contributed by atoms with E-state index in [1.54, 1.807) is 0 Å². The second-order valence-corrected chi connectivity index (χ2v) is 5.93. The molecule has 0 fully saturated rings. The number of anilines is 1. The summed E-state index contributed by atoms with van der Waals surface area (Å²) in [5.74, 6) is 1.07. The van der Waals surface area contributed by atoms with E-state index >= 15 is 0 Å². The van der Waals surface area contributed by atoms with Crippen LogP contribution in [0.25, 0.3) is 0 Å². The average Bonchev–Trinajstić information content (AvgIpc) is 2.62. The summed E-state index contributed by atoms with van der Waals surface area (Å²) in [6.45, 7) is 4.14. The Morgan fingerprint density at radius 3 is 2.32 bits per heavy atom. The van der Waals surface area contributed by atoms with Crippen LogP contribution in [0.4, 0.5) is 5.82 Å². The Labute approximate surface area is 122 Å². The van der Waals surface area contributed by atoms with Crippen LogP contribution in [0, 0.1) is 6.92 Å². The second-order valence-electron chi connectivity index (χ2n) is 5.07. The minimum atomic E-state index is 1.03. The van der Waals surface area contributed by atoms with Gasteiger partial charge in [0.25, 0.3) is 0 Å². The lowest BCUT2D eigenvalue weighted by Crippen LogP contribution is -2.27. The maximum atomic E-state index is 4.59. The molecule has 1 aliphatic rings. The number of halogens is 1. The molecule has 0 saturated heterocycles. The molecule has 0 atom stereocenters. The van der Waals surface area contributed by atoms with E-state index in [0.717, 1.165) is 36.2 Å². The lowest BCUT2D eigenvalue weighted by atomic mass is 10.0. The van der Waals surface area contributed by atoms with Gasteiger partial charge in [0.15, 0.2) is 0 Å². The van der Waals surface area contributed by atoms with Gasteiger partial charge in [0.2, 0.25) is 0 Å². The molecule has 98 valence electrons. The number of fused-ring (bicyclic) bond motifs is 1. The van der Waals surface area contributed by atoms with Gasteiger partial charge in [-0.3, -0.25) is 0 Å². The van der Waals surface area contributed by atoms with Crippen LogP contribution in [0.15, 0.2) is 41.0 Å². The largest absolute Gasteiger partial charge is 0.355 e. The Hall–Kier alpha value is -1.35. The van der Waals surface area contributed by atoms with Gasteiger partial charge in [-0.1, -0.05) is 24.3 Å². The molecule has 1 aliphatic heterocycles. The van der Waals surface area contributed by atoms with Crippen LogP contribution in [-0.4, -0.2) is 18.1 Å². The van der Waals surface area contributed by atoms with Gasteiger partial charge in [-0.15, -0.1) is 0 Å². The third kappa shape index (κ3) is 2.66. The summed E-state index contributed by atoms with van der Waals surface area (Å²) in [4.78, 5) is 6.96. The van der Waals surface area contributed by atoms with Crippen molar-refractivity contribution in [2.24, 2.45) is 0 Å². The highest BCUT2D eigenvalue weighted by atomic mass is 79.9. The molecule has 3 rings (SSSR count). The normalized spacial score (nSPS) is 14.9. The summed E-state index contributed by atoms with van der Waals surface area (Å²) in [5, 5.41) is 0. The number of aromatic nitrogens is 1. The fraction of sp³-hybridized carbons (Fsp3) is 0.312. The molecular weight excluding hydrogens is 300 g/mol. The van der Waals surface area contributed by atoms with Crippen molar-refractivity contribution in [3.8, 4) is 0 Å². The van der Waals surface area contributed by atoms with Gasteiger partial charge >= 0.3 is 0 Å². The van der Waals surface area contributed by atoms with Crippen molar-refractivity contribution in [2.45, 2.75) is 19.8 Å². The first-order valence-electron chi connectivity index (χ1n) is 6.68. The maximum absolute atomic E-state index is 4.59. The zero-order valence-electron chi connectivity index (χ0n) is 11.1. The van der Waals surface area contributed by atoms with Gasteiger partial charge in [-0.2, -0.15) is 0 Å². The highest BCUT2D eigenvalue weighted by Crippen LogP contribution is 2.26. The molecule has 0 unspecified atom stereocenters. The van der Waals surface area contributed by atoms with Crippen LogP contribution in [0.2, 0.25) is 0 Å². The first-order chi connectivity index (χ1) is 9.24. The topological polar surface area (TPSA) is 16.1 Å². The van der Waals surface area contributed by atoms with Crippen molar-refractivity contribution in [3.05, 3.63) is 57.7 Å². The van der Waals surface area contributed by atoms with E-state index in [1.165, 1.54) is 16.7 Å². The zero-order valence-corrected chi connectivity index (χ0v) is 12.7. The van der Waals surface area contributed by atoms with E-state index in [4.69, 9.17) is 0 Å². The Kier molecular flexibility index (Phi) is 3.56. The summed E-state index contributed by atoms with van der Waals surface area (Å²) >= 11 is 3.64. The monoisotopic (exact) mass is 316 g/mol. The molecule has 2 nitrogen and oxygen atoms in total. The third-order valence-electron chi connectivity index (χ3n) is 3.68. The molecule has 1 aromatic heterocycles. The van der Waals surface area contributed by atoms with Crippen LogP contribution in [0.3, 0.4) is 0 Å². The molecule has 2 aromatic rings. The smallest absolute Gasteiger partial charge is 0.142 e. The average molecular weight is 317 g/mol. The molecule has 0 N–H and O–H groups in total. The molecule has 0 saturated carbocycles. The van der Waals surface area contributed by atoms with Gasteiger partial charge in [0, 0.05) is 19.3 Å². The van der Waals surface area contributed by atoms with Crippen molar-refractivity contribution in [1.29, 1.82) is 0 Å². The van der Waals surface area contributed by atoms with Crippen LogP contribution in [0.5, 0.6) is 0 Å². The van der Waals surface area contributed by atoms with E-state index in [2.05, 4.69) is 63.1 Å². The Balaban J connectivity index is 1.85. The molecule has 1 aromatic carbocycles. The molecule has 0 aliphatic carbocycles. The molecule has 2 heterocycles. The van der Waals surface area contributed by atoms with Crippen molar-refractivity contribution in [1.82, 2.24) is 4.98 Å². The van der Waals surface area contributed by atoms with Gasteiger partial charge < -0.3 is 4.90 Å². The van der Waals surface area contributed by atoms with Gasteiger partial charge in [-0.25, -0.2) is 4.98 Å². The van der Waals surface area contributed by atoms with Crippen molar-refractivity contribution < 1.29 is 0 Å². The van der Waals surface area contributed by atoms with Crippen LogP contribution >= 0.6 is 15.9 Å². The molecule has 3 heteroatoms. The predicted molar refractivity (Wildman–Crippen MR) is 82.7 cm³/mol. The molecule has 0 radical (unpaired) electrons. The number of hydrogen-bond acceptors (Lipinski definition) is 2. The van der Waals surface area contributed by atoms with Crippen molar-refractivity contribution in [2.75, 3.05) is 18.0 Å². The zero-order chi connectivity index (χ0) is 13.2. The van der Waals surface area contributed by atoms with E-state index in [0.29, 0.717) is 0 Å². The van der Waals surface area contributed by atoms with Crippen molar-refractivity contribution >= 4 is 21.7 Å². The summed E-state index contributed by atoms with van der Waals surface area (Å²) in [7, 11) is 0. The van der Waals surface area contributed by atoms with Crippen LogP contribution in [-0.2, 0) is 12.8 Å². The lowest BCUT2D eigenvalue weighted by Gasteiger charge is -2.22. The molecule has 0 amide bonds. The minimum Gasteiger partial charge on any atom is -0.355 e.